The van der Waals surface area contributed by atoms with Gasteiger partial charge in [0.25, 0.3) is 10.2 Å². The van der Waals surface area contributed by atoms with Crippen molar-refractivity contribution in [1.82, 2.24) is 8.61 Å². The lowest BCUT2D eigenvalue weighted by atomic mass is 9.78. The van der Waals surface area contributed by atoms with Gasteiger partial charge in [-0.15, -0.1) is 0 Å². The summed E-state index contributed by atoms with van der Waals surface area (Å²) in [6.07, 6.45) is 2.82. The second-order valence-corrected chi connectivity index (χ2v) is 10.2. The third kappa shape index (κ3) is 4.69. The third-order valence-electron chi connectivity index (χ3n) is 6.16. The highest BCUT2D eigenvalue weighted by Gasteiger charge is 2.55. The zero-order valence-electron chi connectivity index (χ0n) is 16.6. The molecular formula is C16H33BN4O6S. The Balaban J connectivity index is 2.22. The van der Waals surface area contributed by atoms with Crippen LogP contribution in [0.25, 0.3) is 0 Å². The first-order valence-corrected chi connectivity index (χ1v) is 11.2. The number of nitrogens with two attached hydrogens (primary N) is 2. The fourth-order valence-corrected chi connectivity index (χ4v) is 6.00. The van der Waals surface area contributed by atoms with E-state index in [0.29, 0.717) is 19.4 Å². The Morgan fingerprint density at radius 1 is 1.36 bits per heavy atom. The van der Waals surface area contributed by atoms with E-state index in [4.69, 9.17) is 21.5 Å². The minimum absolute atomic E-state index is 0.0167. The Bertz CT molecular complexity index is 674. The van der Waals surface area contributed by atoms with Gasteiger partial charge in [-0.3, -0.25) is 4.79 Å². The molecule has 162 valence electrons. The standard InChI is InChI=1S/C16H33BN4O6S/c1-3-9-21(12(2)15(18)6-7-15)28(26,27)20-10-13(5-4-8-17(24)25)16(19,11-20)14(22)23/h12-13,24-25H,3-11,18-19H2,1-2H3,(H,22,23)/t12?,13-,16-/m0/s1. The minimum Gasteiger partial charge on any atom is -0.480 e. The predicted molar refractivity (Wildman–Crippen MR) is 105 cm³/mol. The maximum atomic E-state index is 13.3. The molecule has 1 saturated carbocycles. The number of aliphatic carboxylic acids is 1. The normalized spacial score (nSPS) is 28.5. The summed E-state index contributed by atoms with van der Waals surface area (Å²) in [5, 5.41) is 27.7. The predicted octanol–water partition coefficient (Wildman–Crippen LogP) is -1.21. The summed E-state index contributed by atoms with van der Waals surface area (Å²) in [4.78, 5) is 11.8. The van der Waals surface area contributed by atoms with Gasteiger partial charge in [0.05, 0.1) is 0 Å². The molecule has 2 fully saturated rings. The summed E-state index contributed by atoms with van der Waals surface area (Å²) in [7, 11) is -5.43. The van der Waals surface area contributed by atoms with Crippen molar-refractivity contribution in [3.05, 3.63) is 0 Å². The summed E-state index contributed by atoms with van der Waals surface area (Å²) >= 11 is 0. The second-order valence-electron chi connectivity index (χ2n) is 8.27. The van der Waals surface area contributed by atoms with Crippen LogP contribution in [0, 0.1) is 5.92 Å². The average molecular weight is 420 g/mol. The van der Waals surface area contributed by atoms with Gasteiger partial charge in [0.1, 0.15) is 5.54 Å². The van der Waals surface area contributed by atoms with Crippen molar-refractivity contribution in [3.8, 4) is 0 Å². The lowest BCUT2D eigenvalue weighted by Gasteiger charge is -2.35. The number of carbonyl (C=O) groups is 1. The lowest BCUT2D eigenvalue weighted by molar-refractivity contribution is -0.144. The first-order chi connectivity index (χ1) is 12.9. The first-order valence-electron chi connectivity index (χ1n) is 9.82. The van der Waals surface area contributed by atoms with Crippen LogP contribution in [0.2, 0.25) is 6.32 Å². The molecule has 0 radical (unpaired) electrons. The Kier molecular flexibility index (Phi) is 7.18. The smallest absolute Gasteiger partial charge is 0.451 e. The molecule has 2 aliphatic rings. The van der Waals surface area contributed by atoms with Crippen molar-refractivity contribution < 1.29 is 28.4 Å². The molecule has 2 rings (SSSR count). The summed E-state index contributed by atoms with van der Waals surface area (Å²) in [6.45, 7) is 3.63. The monoisotopic (exact) mass is 420 g/mol. The number of hydrogen-bond donors (Lipinski definition) is 5. The SMILES string of the molecule is CCCN(C(C)C1(N)CC1)S(=O)(=O)N1C[C@H](CCCB(O)O)[C@](N)(C(=O)O)C1. The van der Waals surface area contributed by atoms with E-state index in [1.54, 1.807) is 6.92 Å². The van der Waals surface area contributed by atoms with Crippen molar-refractivity contribution in [3.63, 3.8) is 0 Å². The quantitative estimate of drug-likeness (QED) is 0.259. The van der Waals surface area contributed by atoms with Gasteiger partial charge in [-0.1, -0.05) is 13.3 Å². The first kappa shape index (κ1) is 23.5. The summed E-state index contributed by atoms with van der Waals surface area (Å²) < 4.78 is 29.2. The van der Waals surface area contributed by atoms with Crippen LogP contribution < -0.4 is 11.5 Å². The molecule has 0 bridgehead atoms. The third-order valence-corrected chi connectivity index (χ3v) is 8.18. The van der Waals surface area contributed by atoms with Crippen molar-refractivity contribution in [1.29, 1.82) is 0 Å². The van der Waals surface area contributed by atoms with Crippen LogP contribution in [-0.4, -0.2) is 82.0 Å². The fourth-order valence-electron chi connectivity index (χ4n) is 3.93. The number of nitrogens with zero attached hydrogens (tertiary/aromatic N) is 2. The minimum atomic E-state index is -3.94. The second kappa shape index (κ2) is 8.54. The topological polar surface area (TPSA) is 170 Å². The Hall–Kier alpha value is -0.755. The molecule has 28 heavy (non-hydrogen) atoms. The maximum absolute atomic E-state index is 13.3. The largest absolute Gasteiger partial charge is 0.480 e. The van der Waals surface area contributed by atoms with Gasteiger partial charge < -0.3 is 26.6 Å². The summed E-state index contributed by atoms with van der Waals surface area (Å²) in [5.74, 6) is -1.88. The molecule has 0 aromatic heterocycles. The van der Waals surface area contributed by atoms with Gasteiger partial charge in [-0.2, -0.15) is 17.0 Å². The van der Waals surface area contributed by atoms with Crippen molar-refractivity contribution >= 4 is 23.3 Å². The van der Waals surface area contributed by atoms with Crippen molar-refractivity contribution in [2.45, 2.75) is 69.4 Å². The number of rotatable bonds is 11. The van der Waals surface area contributed by atoms with Crippen molar-refractivity contribution in [2.75, 3.05) is 19.6 Å². The molecule has 0 amide bonds. The maximum Gasteiger partial charge on any atom is 0.451 e. The van der Waals surface area contributed by atoms with Crippen LogP contribution in [0.5, 0.6) is 0 Å². The van der Waals surface area contributed by atoms with E-state index in [1.165, 1.54) is 4.31 Å². The van der Waals surface area contributed by atoms with Gasteiger partial charge in [-0.05, 0) is 38.9 Å². The zero-order valence-corrected chi connectivity index (χ0v) is 17.4. The van der Waals surface area contributed by atoms with Crippen LogP contribution in [-0.2, 0) is 15.0 Å². The Labute approximate surface area is 167 Å². The summed E-state index contributed by atoms with van der Waals surface area (Å²) in [5.41, 5.74) is 10.1. The van der Waals surface area contributed by atoms with Crippen LogP contribution >= 0.6 is 0 Å². The molecule has 0 aromatic carbocycles. The molecule has 1 unspecified atom stereocenters. The summed E-state index contributed by atoms with van der Waals surface area (Å²) in [6, 6.07) is -0.391. The van der Waals surface area contributed by atoms with E-state index >= 15 is 0 Å². The van der Waals surface area contributed by atoms with E-state index < -0.39 is 46.3 Å². The average Bonchev–Trinajstić information content (AvgIpc) is 3.25. The molecule has 0 spiro atoms. The van der Waals surface area contributed by atoms with E-state index in [0.717, 1.165) is 17.1 Å². The highest BCUT2D eigenvalue weighted by molar-refractivity contribution is 7.86. The van der Waals surface area contributed by atoms with Gasteiger partial charge in [0.2, 0.25) is 0 Å². The lowest BCUT2D eigenvalue weighted by Crippen LogP contribution is -2.57. The van der Waals surface area contributed by atoms with Crippen LogP contribution in [0.1, 0.15) is 46.0 Å². The molecule has 1 saturated heterocycles. The number of hydrogen-bond acceptors (Lipinski definition) is 7. The van der Waals surface area contributed by atoms with E-state index in [-0.39, 0.29) is 25.8 Å². The Morgan fingerprint density at radius 3 is 2.43 bits per heavy atom. The molecule has 10 nitrogen and oxygen atoms in total. The molecule has 1 aliphatic heterocycles. The fraction of sp³-hybridized carbons (Fsp3) is 0.938. The molecule has 1 aliphatic carbocycles. The van der Waals surface area contributed by atoms with Gasteiger partial charge >= 0.3 is 13.1 Å². The molecule has 7 N–H and O–H groups in total. The number of carboxylic acid groups (broad SMARTS) is 1. The van der Waals surface area contributed by atoms with Crippen molar-refractivity contribution in [2.24, 2.45) is 17.4 Å². The van der Waals surface area contributed by atoms with Gasteiger partial charge in [0.15, 0.2) is 0 Å². The van der Waals surface area contributed by atoms with Crippen LogP contribution in [0.15, 0.2) is 0 Å². The Morgan fingerprint density at radius 2 is 1.96 bits per heavy atom. The highest BCUT2D eigenvalue weighted by Crippen LogP contribution is 2.40. The van der Waals surface area contributed by atoms with Crippen LogP contribution in [0.4, 0.5) is 0 Å². The highest BCUT2D eigenvalue weighted by atomic mass is 32.2. The molecule has 3 atom stereocenters. The molecule has 0 aromatic rings. The zero-order chi connectivity index (χ0) is 21.3. The van der Waals surface area contributed by atoms with Gasteiger partial charge in [-0.25, -0.2) is 0 Å². The van der Waals surface area contributed by atoms with Gasteiger partial charge in [0, 0.05) is 37.1 Å². The van der Waals surface area contributed by atoms with E-state index in [9.17, 15) is 18.3 Å². The van der Waals surface area contributed by atoms with E-state index in [2.05, 4.69) is 0 Å². The molecular weight excluding hydrogens is 387 g/mol. The van der Waals surface area contributed by atoms with E-state index in [1.807, 2.05) is 6.92 Å². The van der Waals surface area contributed by atoms with Crippen LogP contribution in [0.3, 0.4) is 0 Å². The number of carboxylic acids is 1. The molecule has 1 heterocycles. The molecule has 12 heteroatoms.